The third-order valence-electron chi connectivity index (χ3n) is 5.42. The van der Waals surface area contributed by atoms with Gasteiger partial charge in [-0.15, -0.1) is 10.2 Å². The molecule has 4 rings (SSSR count). The first kappa shape index (κ1) is 24.3. The molecule has 4 aromatic rings. The molecule has 0 unspecified atom stereocenters. The van der Waals surface area contributed by atoms with Crippen LogP contribution < -0.4 is 14.8 Å². The normalized spacial score (nSPS) is 10.7. The molecule has 180 valence electrons. The van der Waals surface area contributed by atoms with Gasteiger partial charge in [-0.3, -0.25) is 9.36 Å². The lowest BCUT2D eigenvalue weighted by molar-refractivity contribution is -0.113. The number of carbonyl (C=O) groups is 1. The van der Waals surface area contributed by atoms with Crippen molar-refractivity contribution in [1.29, 1.82) is 0 Å². The number of methoxy groups -OCH3 is 1. The first-order valence-electron chi connectivity index (χ1n) is 11.2. The highest BCUT2D eigenvalue weighted by molar-refractivity contribution is 7.99. The first-order chi connectivity index (χ1) is 16.9. The topological polar surface area (TPSA) is 78.3 Å². The van der Waals surface area contributed by atoms with E-state index < -0.39 is 0 Å². The van der Waals surface area contributed by atoms with Crippen LogP contribution in [0.25, 0.3) is 5.69 Å². The van der Waals surface area contributed by atoms with E-state index in [1.54, 1.807) is 7.11 Å². The number of rotatable bonds is 9. The Morgan fingerprint density at radius 1 is 0.943 bits per heavy atom. The van der Waals surface area contributed by atoms with Crippen LogP contribution in [0.4, 0.5) is 5.69 Å². The van der Waals surface area contributed by atoms with Crippen LogP contribution in [0.2, 0.25) is 0 Å². The molecule has 0 fully saturated rings. The highest BCUT2D eigenvalue weighted by atomic mass is 32.2. The predicted molar refractivity (Wildman–Crippen MR) is 139 cm³/mol. The van der Waals surface area contributed by atoms with Gasteiger partial charge in [-0.2, -0.15) is 0 Å². The standard InChI is InChI=1S/C27H28N4O3S/c1-18-14-19(2)26(20(3)15-18)28-25(32)17-35-27-30-29-24(16-34-23-8-6-5-7-9-23)31(27)21-10-12-22(33-4)13-11-21/h5-15H,16-17H2,1-4H3,(H,28,32). The highest BCUT2D eigenvalue weighted by Crippen LogP contribution is 2.26. The molecule has 0 spiro atoms. The van der Waals surface area contributed by atoms with Crippen molar-refractivity contribution in [2.45, 2.75) is 32.5 Å². The number of anilines is 1. The Kier molecular flexibility index (Phi) is 7.72. The average molecular weight is 489 g/mol. The summed E-state index contributed by atoms with van der Waals surface area (Å²) >= 11 is 1.33. The number of para-hydroxylation sites is 1. The van der Waals surface area contributed by atoms with Gasteiger partial charge in [0.2, 0.25) is 5.91 Å². The Balaban J connectivity index is 1.53. The lowest BCUT2D eigenvalue weighted by Gasteiger charge is -2.13. The zero-order valence-electron chi connectivity index (χ0n) is 20.2. The van der Waals surface area contributed by atoms with Crippen LogP contribution in [0, 0.1) is 20.8 Å². The van der Waals surface area contributed by atoms with Gasteiger partial charge in [0.25, 0.3) is 0 Å². The molecule has 1 aromatic heterocycles. The monoisotopic (exact) mass is 488 g/mol. The van der Waals surface area contributed by atoms with Crippen molar-refractivity contribution in [2.75, 3.05) is 18.2 Å². The predicted octanol–water partition coefficient (Wildman–Crippen LogP) is 5.51. The largest absolute Gasteiger partial charge is 0.497 e. The summed E-state index contributed by atoms with van der Waals surface area (Å²) in [5.41, 5.74) is 4.97. The molecule has 0 aliphatic carbocycles. The van der Waals surface area contributed by atoms with Crippen molar-refractivity contribution >= 4 is 23.4 Å². The van der Waals surface area contributed by atoms with Gasteiger partial charge in [0.1, 0.15) is 18.1 Å². The third-order valence-corrected chi connectivity index (χ3v) is 6.34. The fraction of sp³-hybridized carbons (Fsp3) is 0.222. The number of aromatic nitrogens is 3. The van der Waals surface area contributed by atoms with E-state index in [0.29, 0.717) is 11.0 Å². The summed E-state index contributed by atoms with van der Waals surface area (Å²) in [6.07, 6.45) is 0. The Bertz CT molecular complexity index is 1280. The van der Waals surface area contributed by atoms with E-state index in [4.69, 9.17) is 9.47 Å². The zero-order valence-corrected chi connectivity index (χ0v) is 21.1. The minimum atomic E-state index is -0.101. The van der Waals surface area contributed by atoms with Crippen LogP contribution in [0.1, 0.15) is 22.5 Å². The fourth-order valence-electron chi connectivity index (χ4n) is 3.83. The Morgan fingerprint density at radius 2 is 1.63 bits per heavy atom. The average Bonchev–Trinajstić information content (AvgIpc) is 3.27. The van der Waals surface area contributed by atoms with Gasteiger partial charge in [0.15, 0.2) is 11.0 Å². The van der Waals surface area contributed by atoms with Crippen molar-refractivity contribution in [2.24, 2.45) is 0 Å². The van der Waals surface area contributed by atoms with Gasteiger partial charge >= 0.3 is 0 Å². The first-order valence-corrected chi connectivity index (χ1v) is 12.2. The Morgan fingerprint density at radius 3 is 2.29 bits per heavy atom. The van der Waals surface area contributed by atoms with Crippen molar-refractivity contribution in [3.8, 4) is 17.2 Å². The Labute approximate surface area is 209 Å². The van der Waals surface area contributed by atoms with E-state index in [2.05, 4.69) is 27.6 Å². The quantitative estimate of drug-likeness (QED) is 0.313. The van der Waals surface area contributed by atoms with Gasteiger partial charge in [0.05, 0.1) is 12.9 Å². The molecule has 0 radical (unpaired) electrons. The van der Waals surface area contributed by atoms with Crippen LogP contribution >= 0.6 is 11.8 Å². The molecular weight excluding hydrogens is 460 g/mol. The van der Waals surface area contributed by atoms with Gasteiger partial charge in [0, 0.05) is 11.4 Å². The maximum Gasteiger partial charge on any atom is 0.234 e. The SMILES string of the molecule is COc1ccc(-n2c(COc3ccccc3)nnc2SCC(=O)Nc2c(C)cc(C)cc2C)cc1. The summed E-state index contributed by atoms with van der Waals surface area (Å²) in [4.78, 5) is 12.8. The van der Waals surface area contributed by atoms with E-state index in [9.17, 15) is 4.79 Å². The molecule has 35 heavy (non-hydrogen) atoms. The van der Waals surface area contributed by atoms with E-state index >= 15 is 0 Å². The molecule has 0 aliphatic heterocycles. The van der Waals surface area contributed by atoms with Crippen LogP contribution in [-0.2, 0) is 11.4 Å². The van der Waals surface area contributed by atoms with Gasteiger partial charge in [-0.05, 0) is 68.3 Å². The second-order valence-corrected chi connectivity index (χ2v) is 9.09. The van der Waals surface area contributed by atoms with Gasteiger partial charge in [-0.1, -0.05) is 47.7 Å². The summed E-state index contributed by atoms with van der Waals surface area (Å²) < 4.78 is 13.1. The smallest absolute Gasteiger partial charge is 0.234 e. The molecule has 3 aromatic carbocycles. The number of hydrogen-bond acceptors (Lipinski definition) is 6. The molecule has 0 saturated carbocycles. The zero-order chi connectivity index (χ0) is 24.8. The molecule has 0 bridgehead atoms. The highest BCUT2D eigenvalue weighted by Gasteiger charge is 2.17. The van der Waals surface area contributed by atoms with Crippen molar-refractivity contribution in [1.82, 2.24) is 14.8 Å². The summed E-state index contributed by atoms with van der Waals surface area (Å²) in [6, 6.07) is 21.3. The lowest BCUT2D eigenvalue weighted by Crippen LogP contribution is -2.16. The molecule has 0 aliphatic rings. The number of nitrogens with zero attached hydrogens (tertiary/aromatic N) is 3. The van der Waals surface area contributed by atoms with Gasteiger partial charge in [-0.25, -0.2) is 0 Å². The van der Waals surface area contributed by atoms with E-state index in [1.807, 2.05) is 79.9 Å². The summed E-state index contributed by atoms with van der Waals surface area (Å²) in [5, 5.41) is 12.4. The summed E-state index contributed by atoms with van der Waals surface area (Å²) in [5.74, 6) is 2.22. The number of carbonyl (C=O) groups excluding carboxylic acids is 1. The van der Waals surface area contributed by atoms with Crippen LogP contribution in [0.3, 0.4) is 0 Å². The summed E-state index contributed by atoms with van der Waals surface area (Å²) in [7, 11) is 1.63. The maximum atomic E-state index is 12.8. The maximum absolute atomic E-state index is 12.8. The number of ether oxygens (including phenoxy) is 2. The van der Waals surface area contributed by atoms with Crippen LogP contribution in [0.5, 0.6) is 11.5 Å². The van der Waals surface area contributed by atoms with Crippen LogP contribution in [-0.4, -0.2) is 33.5 Å². The molecule has 0 saturated heterocycles. The van der Waals surface area contributed by atoms with E-state index in [0.717, 1.165) is 34.0 Å². The van der Waals surface area contributed by atoms with Crippen LogP contribution in [0.15, 0.2) is 71.9 Å². The molecular formula is C27H28N4O3S. The molecule has 8 heteroatoms. The second-order valence-electron chi connectivity index (χ2n) is 8.14. The van der Waals surface area contributed by atoms with Gasteiger partial charge < -0.3 is 14.8 Å². The van der Waals surface area contributed by atoms with Crippen molar-refractivity contribution in [3.05, 3.63) is 89.2 Å². The number of hydrogen-bond donors (Lipinski definition) is 1. The minimum absolute atomic E-state index is 0.101. The van der Waals surface area contributed by atoms with Crippen molar-refractivity contribution < 1.29 is 14.3 Å². The Hall–Kier alpha value is -3.78. The summed E-state index contributed by atoms with van der Waals surface area (Å²) in [6.45, 7) is 6.29. The van der Waals surface area contributed by atoms with E-state index in [1.165, 1.54) is 17.3 Å². The number of aryl methyl sites for hydroxylation is 3. The minimum Gasteiger partial charge on any atom is -0.497 e. The molecule has 7 nitrogen and oxygen atoms in total. The number of amides is 1. The number of nitrogens with one attached hydrogen (secondary N) is 1. The number of thioether (sulfide) groups is 1. The molecule has 1 N–H and O–H groups in total. The fourth-order valence-corrected chi connectivity index (χ4v) is 4.60. The number of benzene rings is 3. The molecule has 1 heterocycles. The molecule has 1 amide bonds. The third kappa shape index (κ3) is 6.02. The molecule has 0 atom stereocenters. The van der Waals surface area contributed by atoms with Crippen molar-refractivity contribution in [3.63, 3.8) is 0 Å². The lowest BCUT2D eigenvalue weighted by atomic mass is 10.1. The van der Waals surface area contributed by atoms with E-state index in [-0.39, 0.29) is 18.3 Å². The second kappa shape index (κ2) is 11.1.